The summed E-state index contributed by atoms with van der Waals surface area (Å²) >= 11 is 0. The van der Waals surface area contributed by atoms with Gasteiger partial charge in [0.1, 0.15) is 11.9 Å². The normalized spacial score (nSPS) is 12.8. The average Bonchev–Trinajstić information content (AvgIpc) is 2.15. The summed E-state index contributed by atoms with van der Waals surface area (Å²) in [4.78, 5) is 0. The lowest BCUT2D eigenvalue weighted by Gasteiger charge is -2.09. The van der Waals surface area contributed by atoms with E-state index in [-0.39, 0.29) is 5.75 Å². The van der Waals surface area contributed by atoms with Gasteiger partial charge < -0.3 is 10.4 Å². The number of para-hydroxylation sites is 1. The average molecular weight is 183 g/mol. The lowest BCUT2D eigenvalue weighted by molar-refractivity contribution is 0.310. The largest absolute Gasteiger partial charge is 0.508 e. The molecule has 0 amide bonds. The molecule has 72 valence electrons. The van der Waals surface area contributed by atoms with Crippen molar-refractivity contribution in [1.82, 2.24) is 5.32 Å². The zero-order valence-electron chi connectivity index (χ0n) is 7.63. The summed E-state index contributed by atoms with van der Waals surface area (Å²) in [6.07, 6.45) is -0.706. The molecule has 1 aromatic carbocycles. The summed E-state index contributed by atoms with van der Waals surface area (Å²) in [5.74, 6) is 0.0334. The highest BCUT2D eigenvalue weighted by atomic mass is 19.1. The van der Waals surface area contributed by atoms with Gasteiger partial charge in [-0.3, -0.25) is 0 Å². The van der Waals surface area contributed by atoms with Crippen molar-refractivity contribution < 1.29 is 9.50 Å². The molecule has 13 heavy (non-hydrogen) atoms. The van der Waals surface area contributed by atoms with E-state index in [9.17, 15) is 9.50 Å². The highest BCUT2D eigenvalue weighted by Crippen LogP contribution is 2.28. The number of hydrogen-bond donors (Lipinski definition) is 2. The molecule has 0 aliphatic carbocycles. The highest BCUT2D eigenvalue weighted by Gasteiger charge is 2.12. The Hall–Kier alpha value is -1.09. The Balaban J connectivity index is 2.65. The summed E-state index contributed by atoms with van der Waals surface area (Å²) < 4.78 is 13.4. The molecular formula is C10H14FNO. The minimum Gasteiger partial charge on any atom is -0.508 e. The summed E-state index contributed by atoms with van der Waals surface area (Å²) in [6, 6.07) is 6.52. The Kier molecular flexibility index (Phi) is 3.71. The molecule has 0 fully saturated rings. The lowest BCUT2D eigenvalue weighted by Crippen LogP contribution is -2.10. The highest BCUT2D eigenvalue weighted by molar-refractivity contribution is 5.33. The van der Waals surface area contributed by atoms with Gasteiger partial charge in [-0.15, -0.1) is 0 Å². The number of halogens is 1. The van der Waals surface area contributed by atoms with E-state index in [0.717, 1.165) is 0 Å². The molecule has 0 aliphatic rings. The topological polar surface area (TPSA) is 32.3 Å². The van der Waals surface area contributed by atoms with Gasteiger partial charge in [-0.2, -0.15) is 0 Å². The van der Waals surface area contributed by atoms with Crippen LogP contribution in [0.4, 0.5) is 4.39 Å². The lowest BCUT2D eigenvalue weighted by atomic mass is 10.1. The van der Waals surface area contributed by atoms with E-state index < -0.39 is 6.17 Å². The van der Waals surface area contributed by atoms with Crippen molar-refractivity contribution >= 4 is 0 Å². The maximum atomic E-state index is 13.4. The number of rotatable bonds is 4. The van der Waals surface area contributed by atoms with Crippen LogP contribution in [-0.2, 0) is 0 Å². The van der Waals surface area contributed by atoms with Crippen LogP contribution in [0, 0.1) is 0 Å². The van der Waals surface area contributed by atoms with Crippen molar-refractivity contribution in [3.8, 4) is 5.75 Å². The number of alkyl halides is 1. The molecule has 2 nitrogen and oxygen atoms in total. The Morgan fingerprint density at radius 3 is 2.77 bits per heavy atom. The monoisotopic (exact) mass is 183 g/mol. The number of benzene rings is 1. The predicted octanol–water partition coefficient (Wildman–Crippen LogP) is 2.01. The van der Waals surface area contributed by atoms with Crippen LogP contribution in [0.5, 0.6) is 5.75 Å². The number of phenolic OH excluding ortho intramolecular Hbond substituents is 1. The Bertz CT molecular complexity index is 265. The predicted molar refractivity (Wildman–Crippen MR) is 50.5 cm³/mol. The van der Waals surface area contributed by atoms with Crippen molar-refractivity contribution in [3.05, 3.63) is 29.8 Å². The van der Waals surface area contributed by atoms with Gasteiger partial charge in [0.2, 0.25) is 0 Å². The number of aromatic hydroxyl groups is 1. The standard InChI is InChI=1S/C10H14FNO/c1-12-7-6-9(11)8-4-2-3-5-10(8)13/h2-5,9,12-13H,6-7H2,1H3. The zero-order valence-corrected chi connectivity index (χ0v) is 7.63. The van der Waals surface area contributed by atoms with Crippen LogP contribution in [-0.4, -0.2) is 18.7 Å². The van der Waals surface area contributed by atoms with Gasteiger partial charge in [-0.05, 0) is 26.1 Å². The molecule has 0 bridgehead atoms. The first-order chi connectivity index (χ1) is 6.25. The molecule has 0 saturated carbocycles. The van der Waals surface area contributed by atoms with Gasteiger partial charge in [0.15, 0.2) is 0 Å². The molecule has 0 radical (unpaired) electrons. The minimum atomic E-state index is -1.09. The van der Waals surface area contributed by atoms with Gasteiger partial charge >= 0.3 is 0 Å². The third-order valence-electron chi connectivity index (χ3n) is 1.92. The Morgan fingerprint density at radius 2 is 2.15 bits per heavy atom. The van der Waals surface area contributed by atoms with Crippen LogP contribution < -0.4 is 5.32 Å². The van der Waals surface area contributed by atoms with E-state index in [1.165, 1.54) is 6.07 Å². The number of phenols is 1. The zero-order chi connectivity index (χ0) is 9.68. The van der Waals surface area contributed by atoms with Crippen molar-refractivity contribution in [1.29, 1.82) is 0 Å². The second-order valence-electron chi connectivity index (χ2n) is 2.92. The molecule has 3 heteroatoms. The third-order valence-corrected chi connectivity index (χ3v) is 1.92. The molecule has 2 N–H and O–H groups in total. The third kappa shape index (κ3) is 2.70. The Morgan fingerprint density at radius 1 is 1.46 bits per heavy atom. The fraction of sp³-hybridized carbons (Fsp3) is 0.400. The van der Waals surface area contributed by atoms with Crippen molar-refractivity contribution in [2.75, 3.05) is 13.6 Å². The van der Waals surface area contributed by atoms with E-state index in [2.05, 4.69) is 5.32 Å². The molecule has 1 unspecified atom stereocenters. The van der Waals surface area contributed by atoms with Crippen LogP contribution in [0.2, 0.25) is 0 Å². The fourth-order valence-corrected chi connectivity index (χ4v) is 1.18. The molecule has 1 atom stereocenters. The SMILES string of the molecule is CNCCC(F)c1ccccc1O. The van der Waals surface area contributed by atoms with Crippen LogP contribution in [0.3, 0.4) is 0 Å². The van der Waals surface area contributed by atoms with E-state index >= 15 is 0 Å². The maximum Gasteiger partial charge on any atom is 0.130 e. The van der Waals surface area contributed by atoms with E-state index in [0.29, 0.717) is 18.5 Å². The second kappa shape index (κ2) is 4.82. The molecule has 0 spiro atoms. The molecule has 1 aromatic rings. The van der Waals surface area contributed by atoms with E-state index in [4.69, 9.17) is 0 Å². The Labute approximate surface area is 77.4 Å². The van der Waals surface area contributed by atoms with Gasteiger partial charge in [0.25, 0.3) is 0 Å². The second-order valence-corrected chi connectivity index (χ2v) is 2.92. The van der Waals surface area contributed by atoms with Crippen LogP contribution in [0.25, 0.3) is 0 Å². The first-order valence-corrected chi connectivity index (χ1v) is 4.32. The number of nitrogens with one attached hydrogen (secondary N) is 1. The first-order valence-electron chi connectivity index (χ1n) is 4.32. The minimum absolute atomic E-state index is 0.0334. The van der Waals surface area contributed by atoms with Crippen LogP contribution in [0.1, 0.15) is 18.2 Å². The summed E-state index contributed by atoms with van der Waals surface area (Å²) in [6.45, 7) is 0.607. The van der Waals surface area contributed by atoms with Crippen LogP contribution >= 0.6 is 0 Å². The van der Waals surface area contributed by atoms with E-state index in [1.807, 2.05) is 0 Å². The smallest absolute Gasteiger partial charge is 0.130 e. The molecular weight excluding hydrogens is 169 g/mol. The van der Waals surface area contributed by atoms with Crippen molar-refractivity contribution in [3.63, 3.8) is 0 Å². The molecule has 1 rings (SSSR count). The van der Waals surface area contributed by atoms with Crippen molar-refractivity contribution in [2.24, 2.45) is 0 Å². The van der Waals surface area contributed by atoms with Gasteiger partial charge in [0, 0.05) is 5.56 Å². The van der Waals surface area contributed by atoms with Gasteiger partial charge in [-0.1, -0.05) is 18.2 Å². The summed E-state index contributed by atoms with van der Waals surface area (Å²) in [7, 11) is 1.78. The quantitative estimate of drug-likeness (QED) is 0.748. The number of hydrogen-bond acceptors (Lipinski definition) is 2. The van der Waals surface area contributed by atoms with Crippen molar-refractivity contribution in [2.45, 2.75) is 12.6 Å². The van der Waals surface area contributed by atoms with Gasteiger partial charge in [0.05, 0.1) is 0 Å². The van der Waals surface area contributed by atoms with Crippen LogP contribution in [0.15, 0.2) is 24.3 Å². The molecule has 0 aromatic heterocycles. The summed E-state index contributed by atoms with van der Waals surface area (Å²) in [5.41, 5.74) is 0.373. The fourth-order valence-electron chi connectivity index (χ4n) is 1.18. The molecule has 0 aliphatic heterocycles. The molecule has 0 saturated heterocycles. The summed E-state index contributed by atoms with van der Waals surface area (Å²) in [5, 5.41) is 12.2. The van der Waals surface area contributed by atoms with Gasteiger partial charge in [-0.25, -0.2) is 4.39 Å². The molecule has 0 heterocycles. The maximum absolute atomic E-state index is 13.4. The van der Waals surface area contributed by atoms with E-state index in [1.54, 1.807) is 25.2 Å². The first kappa shape index (κ1) is 9.99.